The Balaban J connectivity index is 1.88. The molecular weight excluding hydrogens is 220 g/mol. The zero-order valence-corrected chi connectivity index (χ0v) is 11.9. The van der Waals surface area contributed by atoms with Gasteiger partial charge in [0.15, 0.2) is 0 Å². The van der Waals surface area contributed by atoms with E-state index in [1.54, 1.807) is 0 Å². The van der Waals surface area contributed by atoms with E-state index in [1.807, 2.05) is 0 Å². The molecule has 1 aliphatic rings. The van der Waals surface area contributed by atoms with Crippen molar-refractivity contribution in [2.75, 3.05) is 20.1 Å². The molecule has 0 spiro atoms. The van der Waals surface area contributed by atoms with Gasteiger partial charge in [0.25, 0.3) is 0 Å². The number of aryl methyl sites for hydroxylation is 1. The van der Waals surface area contributed by atoms with Crippen molar-refractivity contribution in [3.05, 3.63) is 35.4 Å². The standard InChI is InChI=1S/C16H26N2/c1-4-17-11-14-9-10-16(14)18(3)12-15-8-6-5-7-13(15)2/h5-8,14,16-17H,4,9-12H2,1-3H3. The lowest BCUT2D eigenvalue weighted by Crippen LogP contribution is -2.48. The second-order valence-electron chi connectivity index (χ2n) is 5.55. The van der Waals surface area contributed by atoms with Crippen LogP contribution < -0.4 is 5.32 Å². The minimum atomic E-state index is 0.767. The predicted octanol–water partition coefficient (Wildman–Crippen LogP) is 2.81. The third-order valence-electron chi connectivity index (χ3n) is 4.28. The quantitative estimate of drug-likeness (QED) is 0.830. The van der Waals surface area contributed by atoms with Crippen molar-refractivity contribution in [3.8, 4) is 0 Å². The van der Waals surface area contributed by atoms with E-state index in [1.165, 1.54) is 30.5 Å². The predicted molar refractivity (Wildman–Crippen MR) is 77.7 cm³/mol. The summed E-state index contributed by atoms with van der Waals surface area (Å²) in [6.45, 7) is 7.74. The van der Waals surface area contributed by atoms with Gasteiger partial charge in [-0.1, -0.05) is 31.2 Å². The second-order valence-corrected chi connectivity index (χ2v) is 5.55. The van der Waals surface area contributed by atoms with E-state index in [9.17, 15) is 0 Å². The Bertz CT molecular complexity index is 375. The third-order valence-corrected chi connectivity index (χ3v) is 4.28. The van der Waals surface area contributed by atoms with Crippen LogP contribution in [0.1, 0.15) is 30.9 Å². The zero-order chi connectivity index (χ0) is 13.0. The highest BCUT2D eigenvalue weighted by Crippen LogP contribution is 2.31. The summed E-state index contributed by atoms with van der Waals surface area (Å²) < 4.78 is 0. The van der Waals surface area contributed by atoms with Gasteiger partial charge in [0.2, 0.25) is 0 Å². The topological polar surface area (TPSA) is 15.3 Å². The second kappa shape index (κ2) is 6.35. The summed E-state index contributed by atoms with van der Waals surface area (Å²) >= 11 is 0. The lowest BCUT2D eigenvalue weighted by molar-refractivity contribution is 0.0783. The zero-order valence-electron chi connectivity index (χ0n) is 11.9. The van der Waals surface area contributed by atoms with Gasteiger partial charge in [-0.05, 0) is 56.9 Å². The molecule has 1 N–H and O–H groups in total. The van der Waals surface area contributed by atoms with E-state index in [-0.39, 0.29) is 0 Å². The van der Waals surface area contributed by atoms with Crippen molar-refractivity contribution in [2.24, 2.45) is 5.92 Å². The van der Waals surface area contributed by atoms with Gasteiger partial charge >= 0.3 is 0 Å². The molecule has 1 aromatic rings. The Morgan fingerprint density at radius 2 is 2.06 bits per heavy atom. The Morgan fingerprint density at radius 3 is 2.67 bits per heavy atom. The highest BCUT2D eigenvalue weighted by molar-refractivity contribution is 5.25. The molecule has 0 aliphatic heterocycles. The van der Waals surface area contributed by atoms with E-state index in [0.29, 0.717) is 0 Å². The summed E-state index contributed by atoms with van der Waals surface area (Å²) in [7, 11) is 2.27. The lowest BCUT2D eigenvalue weighted by Gasteiger charge is -2.43. The van der Waals surface area contributed by atoms with Gasteiger partial charge in [-0.25, -0.2) is 0 Å². The van der Waals surface area contributed by atoms with Gasteiger partial charge in [0.05, 0.1) is 0 Å². The van der Waals surface area contributed by atoms with Crippen molar-refractivity contribution < 1.29 is 0 Å². The summed E-state index contributed by atoms with van der Waals surface area (Å²) in [5, 5.41) is 3.48. The van der Waals surface area contributed by atoms with Crippen LogP contribution >= 0.6 is 0 Å². The summed E-state index contributed by atoms with van der Waals surface area (Å²) in [4.78, 5) is 2.54. The maximum absolute atomic E-state index is 3.48. The molecule has 0 bridgehead atoms. The fraction of sp³-hybridized carbons (Fsp3) is 0.625. The summed E-state index contributed by atoms with van der Waals surface area (Å²) in [5.74, 6) is 0.846. The smallest absolute Gasteiger partial charge is 0.0236 e. The average molecular weight is 246 g/mol. The molecule has 2 rings (SSSR count). The number of rotatable bonds is 6. The van der Waals surface area contributed by atoms with Crippen LogP contribution in [0.3, 0.4) is 0 Å². The van der Waals surface area contributed by atoms with Crippen LogP contribution in [-0.4, -0.2) is 31.1 Å². The van der Waals surface area contributed by atoms with Crippen molar-refractivity contribution in [2.45, 2.75) is 39.3 Å². The van der Waals surface area contributed by atoms with Crippen LogP contribution in [0.5, 0.6) is 0 Å². The van der Waals surface area contributed by atoms with E-state index in [4.69, 9.17) is 0 Å². The molecule has 0 heterocycles. The Morgan fingerprint density at radius 1 is 1.28 bits per heavy atom. The van der Waals surface area contributed by atoms with Crippen molar-refractivity contribution in [1.82, 2.24) is 10.2 Å². The number of hydrogen-bond donors (Lipinski definition) is 1. The van der Waals surface area contributed by atoms with Gasteiger partial charge in [0, 0.05) is 12.6 Å². The van der Waals surface area contributed by atoms with Crippen LogP contribution in [-0.2, 0) is 6.54 Å². The Labute approximate surface area is 111 Å². The summed E-state index contributed by atoms with van der Waals surface area (Å²) in [6.07, 6.45) is 2.74. The number of nitrogens with zero attached hydrogens (tertiary/aromatic N) is 1. The molecule has 1 fully saturated rings. The van der Waals surface area contributed by atoms with Gasteiger partial charge < -0.3 is 5.32 Å². The molecule has 2 heteroatoms. The van der Waals surface area contributed by atoms with Crippen LogP contribution in [0.2, 0.25) is 0 Å². The molecule has 0 saturated heterocycles. The Hall–Kier alpha value is -0.860. The first-order valence-electron chi connectivity index (χ1n) is 7.17. The molecule has 100 valence electrons. The molecule has 0 amide bonds. The highest BCUT2D eigenvalue weighted by atomic mass is 15.1. The normalized spacial score (nSPS) is 23.1. The monoisotopic (exact) mass is 246 g/mol. The molecule has 1 aliphatic carbocycles. The lowest BCUT2D eigenvalue weighted by atomic mass is 9.78. The first kappa shape index (κ1) is 13.6. The van der Waals surface area contributed by atoms with E-state index in [0.717, 1.165) is 25.0 Å². The largest absolute Gasteiger partial charge is 0.317 e. The molecule has 1 saturated carbocycles. The van der Waals surface area contributed by atoms with Gasteiger partial charge in [-0.2, -0.15) is 0 Å². The van der Waals surface area contributed by atoms with Crippen molar-refractivity contribution >= 4 is 0 Å². The van der Waals surface area contributed by atoms with E-state index < -0.39 is 0 Å². The first-order valence-corrected chi connectivity index (χ1v) is 7.17. The number of hydrogen-bond acceptors (Lipinski definition) is 2. The maximum atomic E-state index is 3.48. The minimum Gasteiger partial charge on any atom is -0.317 e. The molecule has 18 heavy (non-hydrogen) atoms. The fourth-order valence-corrected chi connectivity index (χ4v) is 2.87. The highest BCUT2D eigenvalue weighted by Gasteiger charge is 2.33. The van der Waals surface area contributed by atoms with Gasteiger partial charge in [-0.3, -0.25) is 4.90 Å². The van der Waals surface area contributed by atoms with Crippen LogP contribution in [0, 0.1) is 12.8 Å². The average Bonchev–Trinajstić information content (AvgIpc) is 2.31. The van der Waals surface area contributed by atoms with Crippen LogP contribution in [0.25, 0.3) is 0 Å². The molecule has 2 unspecified atom stereocenters. The molecular formula is C16H26N2. The molecule has 2 atom stereocenters. The summed E-state index contributed by atoms with van der Waals surface area (Å²) in [6, 6.07) is 9.50. The maximum Gasteiger partial charge on any atom is 0.0236 e. The molecule has 2 nitrogen and oxygen atoms in total. The van der Waals surface area contributed by atoms with Crippen molar-refractivity contribution in [1.29, 1.82) is 0 Å². The van der Waals surface area contributed by atoms with Crippen LogP contribution in [0.4, 0.5) is 0 Å². The van der Waals surface area contributed by atoms with Gasteiger partial charge in [-0.15, -0.1) is 0 Å². The molecule has 0 radical (unpaired) electrons. The number of benzene rings is 1. The van der Waals surface area contributed by atoms with Crippen molar-refractivity contribution in [3.63, 3.8) is 0 Å². The first-order chi connectivity index (χ1) is 8.72. The Kier molecular flexibility index (Phi) is 4.79. The summed E-state index contributed by atoms with van der Waals surface area (Å²) in [5.41, 5.74) is 2.88. The van der Waals surface area contributed by atoms with Gasteiger partial charge in [0.1, 0.15) is 0 Å². The SMILES string of the molecule is CCNCC1CCC1N(C)Cc1ccccc1C. The van der Waals surface area contributed by atoms with Crippen LogP contribution in [0.15, 0.2) is 24.3 Å². The number of nitrogens with one attached hydrogen (secondary N) is 1. The fourth-order valence-electron chi connectivity index (χ4n) is 2.87. The third kappa shape index (κ3) is 3.12. The minimum absolute atomic E-state index is 0.767. The molecule has 1 aromatic carbocycles. The van der Waals surface area contributed by atoms with E-state index >= 15 is 0 Å². The van der Waals surface area contributed by atoms with E-state index in [2.05, 4.69) is 55.4 Å². The molecule has 0 aromatic heterocycles.